The summed E-state index contributed by atoms with van der Waals surface area (Å²) in [5.74, 6) is 0. The van der Waals surface area contributed by atoms with E-state index < -0.39 is 0 Å². The first-order valence-corrected chi connectivity index (χ1v) is 7.97. The lowest BCUT2D eigenvalue weighted by molar-refractivity contribution is 0.636. The number of hydrogen-bond donors (Lipinski definition) is 0. The van der Waals surface area contributed by atoms with Crippen LogP contribution in [-0.2, 0) is 0 Å². The summed E-state index contributed by atoms with van der Waals surface area (Å²) in [5.41, 5.74) is 0. The molecule has 0 aromatic rings. The molecule has 0 saturated carbocycles. The molecule has 0 aromatic heterocycles. The van der Waals surface area contributed by atoms with E-state index in [-0.39, 0.29) is 8.55 Å². The molecule has 0 amide bonds. The molecule has 0 fully saturated rings. The first-order valence-electron chi connectivity index (χ1n) is 4.08. The van der Waals surface area contributed by atoms with E-state index in [2.05, 4.69) is 9.98 Å². The second kappa shape index (κ2) is 3.79. The van der Waals surface area contributed by atoms with Gasteiger partial charge in [-0.2, -0.15) is 9.98 Å². The summed E-state index contributed by atoms with van der Waals surface area (Å²) in [4.78, 5) is 13.0. The molecular formula is C7H12N4S3. The molecule has 0 spiro atoms. The Bertz CT molecular complexity index is 324. The topological polar surface area (TPSA) is 31.2 Å². The zero-order valence-corrected chi connectivity index (χ0v) is 11.0. The van der Waals surface area contributed by atoms with E-state index in [4.69, 9.17) is 0 Å². The summed E-state index contributed by atoms with van der Waals surface area (Å²) in [6.45, 7) is 0. The molecule has 0 saturated heterocycles. The predicted molar refractivity (Wildman–Crippen MR) is 70.0 cm³/mol. The third kappa shape index (κ3) is 1.80. The van der Waals surface area contributed by atoms with Crippen molar-refractivity contribution in [2.45, 2.75) is 0 Å². The molecule has 2 rings (SSSR count). The van der Waals surface area contributed by atoms with Crippen LogP contribution in [0.4, 0.5) is 0 Å². The summed E-state index contributed by atoms with van der Waals surface area (Å²) >= 11 is 0. The standard InChI is InChI=1S/C7H12N4S3/c1-10(2)6-8-5-9-7(11(3)4)13-14(5)12-6/h1-4H3. The highest BCUT2D eigenvalue weighted by Gasteiger charge is 2.27. The number of hydrogen-bond acceptors (Lipinski definition) is 6. The second-order valence-electron chi connectivity index (χ2n) is 3.26. The van der Waals surface area contributed by atoms with Crippen LogP contribution >= 0.6 is 30.1 Å². The highest BCUT2D eigenvalue weighted by atomic mass is 33.5. The molecule has 14 heavy (non-hydrogen) atoms. The van der Waals surface area contributed by atoms with Crippen LogP contribution in [0.25, 0.3) is 0 Å². The summed E-state index contributed by atoms with van der Waals surface area (Å²) in [6.07, 6.45) is 0. The van der Waals surface area contributed by atoms with E-state index in [0.29, 0.717) is 0 Å². The quantitative estimate of drug-likeness (QED) is 0.480. The third-order valence-electron chi connectivity index (χ3n) is 1.60. The molecule has 0 atom stereocenters. The van der Waals surface area contributed by atoms with Gasteiger partial charge in [-0.25, -0.2) is 0 Å². The molecule has 0 aliphatic carbocycles. The van der Waals surface area contributed by atoms with Crippen LogP contribution in [-0.4, -0.2) is 53.4 Å². The van der Waals surface area contributed by atoms with Gasteiger partial charge < -0.3 is 9.80 Å². The average Bonchev–Trinajstić information content (AvgIpc) is 2.57. The molecule has 7 heteroatoms. The lowest BCUT2D eigenvalue weighted by Gasteiger charge is -2.13. The Hall–Kier alpha value is -0.140. The van der Waals surface area contributed by atoms with Crippen molar-refractivity contribution in [3.63, 3.8) is 0 Å². The van der Waals surface area contributed by atoms with Gasteiger partial charge in [-0.05, 0) is 30.1 Å². The first kappa shape index (κ1) is 10.4. The highest BCUT2D eigenvalue weighted by molar-refractivity contribution is 9.21. The molecule has 2 aliphatic rings. The Kier molecular flexibility index (Phi) is 2.81. The van der Waals surface area contributed by atoms with Crippen LogP contribution in [0.2, 0.25) is 0 Å². The van der Waals surface area contributed by atoms with Gasteiger partial charge in [-0.15, -0.1) is 0 Å². The predicted octanol–water partition coefficient (Wildman–Crippen LogP) is 1.50. The van der Waals surface area contributed by atoms with E-state index in [1.807, 2.05) is 38.0 Å². The van der Waals surface area contributed by atoms with Crippen molar-refractivity contribution < 1.29 is 0 Å². The molecule has 0 unspecified atom stereocenters. The number of rotatable bonds is 0. The van der Waals surface area contributed by atoms with E-state index in [0.717, 1.165) is 15.4 Å². The van der Waals surface area contributed by atoms with Crippen LogP contribution < -0.4 is 0 Å². The van der Waals surface area contributed by atoms with E-state index in [9.17, 15) is 0 Å². The van der Waals surface area contributed by atoms with Crippen molar-refractivity contribution in [3.8, 4) is 0 Å². The van der Waals surface area contributed by atoms with E-state index >= 15 is 0 Å². The van der Waals surface area contributed by atoms with Gasteiger partial charge >= 0.3 is 0 Å². The fourth-order valence-electron chi connectivity index (χ4n) is 0.876. The summed E-state index contributed by atoms with van der Waals surface area (Å²) in [6, 6.07) is 0. The molecule has 78 valence electrons. The fraction of sp³-hybridized carbons (Fsp3) is 0.571. The maximum atomic E-state index is 4.48. The Morgan fingerprint density at radius 2 is 1.36 bits per heavy atom. The molecule has 0 N–H and O–H groups in total. The van der Waals surface area contributed by atoms with Crippen LogP contribution in [0.15, 0.2) is 9.98 Å². The van der Waals surface area contributed by atoms with Crippen molar-refractivity contribution in [2.75, 3.05) is 28.2 Å². The maximum Gasteiger partial charge on any atom is 0.203 e. The minimum atomic E-state index is 0.0901. The minimum Gasteiger partial charge on any atom is -0.357 e. The molecular weight excluding hydrogens is 236 g/mol. The van der Waals surface area contributed by atoms with Crippen molar-refractivity contribution in [3.05, 3.63) is 0 Å². The Balaban J connectivity index is 2.14. The third-order valence-corrected chi connectivity index (χ3v) is 7.51. The Labute approximate surface area is 93.6 Å². The molecule has 0 radical (unpaired) electrons. The van der Waals surface area contributed by atoms with Crippen LogP contribution in [0.1, 0.15) is 0 Å². The average molecular weight is 248 g/mol. The largest absolute Gasteiger partial charge is 0.357 e. The summed E-state index contributed by atoms with van der Waals surface area (Å²) in [5, 5.41) is 3.11. The minimum absolute atomic E-state index is 0.0901. The van der Waals surface area contributed by atoms with Gasteiger partial charge in [0.05, 0.1) is 0 Å². The maximum absolute atomic E-state index is 4.48. The number of nitrogens with zero attached hydrogens (tertiary/aromatic N) is 4. The van der Waals surface area contributed by atoms with Crippen LogP contribution in [0, 0.1) is 0 Å². The van der Waals surface area contributed by atoms with Crippen molar-refractivity contribution in [2.24, 2.45) is 9.98 Å². The number of amidine groups is 2. The second-order valence-corrected chi connectivity index (χ2v) is 8.79. The zero-order valence-electron chi connectivity index (χ0n) is 8.51. The van der Waals surface area contributed by atoms with Gasteiger partial charge in [0.15, 0.2) is 10.3 Å². The summed E-state index contributed by atoms with van der Waals surface area (Å²) < 4.78 is 0. The number of aliphatic imine (C=N–C) groups is 2. The molecule has 0 bridgehead atoms. The van der Waals surface area contributed by atoms with Gasteiger partial charge in [0.1, 0.15) is 0 Å². The van der Waals surface area contributed by atoms with Crippen molar-refractivity contribution >= 4 is 45.6 Å². The van der Waals surface area contributed by atoms with Gasteiger partial charge in [0.2, 0.25) is 5.11 Å². The van der Waals surface area contributed by atoms with Gasteiger partial charge in [-0.1, -0.05) is 0 Å². The lowest BCUT2D eigenvalue weighted by atomic mass is 10.9. The summed E-state index contributed by atoms with van der Waals surface area (Å²) in [7, 11) is 11.7. The van der Waals surface area contributed by atoms with E-state index in [1.54, 1.807) is 21.6 Å². The molecule has 2 aliphatic heterocycles. The Morgan fingerprint density at radius 1 is 0.929 bits per heavy atom. The van der Waals surface area contributed by atoms with Crippen molar-refractivity contribution in [1.29, 1.82) is 0 Å². The van der Waals surface area contributed by atoms with Gasteiger partial charge in [0.25, 0.3) is 0 Å². The zero-order chi connectivity index (χ0) is 10.3. The monoisotopic (exact) mass is 248 g/mol. The SMILES string of the molecule is CN(C)C1=NC2=S(S1)SC(N(C)C)=N2. The highest BCUT2D eigenvalue weighted by Crippen LogP contribution is 2.53. The normalized spacial score (nSPS) is 20.7. The van der Waals surface area contributed by atoms with Gasteiger partial charge in [-0.3, -0.25) is 0 Å². The first-order chi connectivity index (χ1) is 6.58. The smallest absolute Gasteiger partial charge is 0.203 e. The Morgan fingerprint density at radius 3 is 1.64 bits per heavy atom. The fourth-order valence-corrected chi connectivity index (χ4v) is 6.64. The molecule has 4 nitrogen and oxygen atoms in total. The van der Waals surface area contributed by atoms with Crippen LogP contribution in [0.5, 0.6) is 0 Å². The lowest BCUT2D eigenvalue weighted by Crippen LogP contribution is -2.19. The van der Waals surface area contributed by atoms with Gasteiger partial charge in [0, 0.05) is 28.2 Å². The van der Waals surface area contributed by atoms with E-state index in [1.165, 1.54) is 0 Å². The van der Waals surface area contributed by atoms with Crippen LogP contribution in [0.3, 0.4) is 0 Å². The molecule has 0 aromatic carbocycles. The molecule has 2 heterocycles. The van der Waals surface area contributed by atoms with Crippen molar-refractivity contribution in [1.82, 2.24) is 9.80 Å².